The smallest absolute Gasteiger partial charge is 0.284 e. The molecule has 36 heavy (non-hydrogen) atoms. The van der Waals surface area contributed by atoms with E-state index in [0.29, 0.717) is 29.2 Å². The van der Waals surface area contributed by atoms with Crippen molar-refractivity contribution in [1.82, 2.24) is 9.80 Å². The average Bonchev–Trinajstić information content (AvgIpc) is 2.84. The Hall–Kier alpha value is -3.20. The third-order valence-electron chi connectivity index (χ3n) is 5.91. The molecule has 4 rings (SSSR count). The summed E-state index contributed by atoms with van der Waals surface area (Å²) in [7, 11) is -0.541. The quantitative estimate of drug-likeness (QED) is 0.350. The lowest BCUT2D eigenvalue weighted by molar-refractivity contribution is -0.115. The molecule has 0 radical (unpaired) electrons. The van der Waals surface area contributed by atoms with Gasteiger partial charge in [0.05, 0.1) is 11.3 Å². The summed E-state index contributed by atoms with van der Waals surface area (Å²) in [6, 6.07) is 20.7. The molecule has 188 valence electrons. The van der Waals surface area contributed by atoms with Gasteiger partial charge in [0.15, 0.2) is 0 Å². The van der Waals surface area contributed by atoms with Gasteiger partial charge in [-0.1, -0.05) is 60.1 Å². The van der Waals surface area contributed by atoms with Crippen molar-refractivity contribution >= 4 is 39.6 Å². The van der Waals surface area contributed by atoms with Crippen LogP contribution in [0.3, 0.4) is 0 Å². The Kier molecular flexibility index (Phi) is 8.08. The summed E-state index contributed by atoms with van der Waals surface area (Å²) in [5.41, 5.74) is 3.93. The summed E-state index contributed by atoms with van der Waals surface area (Å²) in [6.07, 6.45) is 1.93. The first-order chi connectivity index (χ1) is 17.2. The number of anilines is 1. The molecule has 0 atom stereocenters. The van der Waals surface area contributed by atoms with Crippen LogP contribution in [0.1, 0.15) is 22.3 Å². The molecule has 0 aliphatic carbocycles. The van der Waals surface area contributed by atoms with Crippen molar-refractivity contribution in [2.45, 2.75) is 30.8 Å². The summed E-state index contributed by atoms with van der Waals surface area (Å²) in [4.78, 5) is 16.8. The van der Waals surface area contributed by atoms with E-state index in [9.17, 15) is 13.2 Å². The Morgan fingerprint density at radius 2 is 1.83 bits per heavy atom. The van der Waals surface area contributed by atoms with Crippen molar-refractivity contribution in [3.8, 4) is 0 Å². The van der Waals surface area contributed by atoms with E-state index in [1.54, 1.807) is 37.2 Å². The number of sulfonamides is 1. The van der Waals surface area contributed by atoms with Crippen molar-refractivity contribution in [3.63, 3.8) is 0 Å². The van der Waals surface area contributed by atoms with Gasteiger partial charge in [0.2, 0.25) is 5.91 Å². The first-order valence-corrected chi connectivity index (χ1v) is 13.5. The number of hydrogen-bond acceptors (Lipinski definition) is 4. The van der Waals surface area contributed by atoms with Crippen molar-refractivity contribution < 1.29 is 13.2 Å². The molecule has 1 amide bonds. The molecule has 1 heterocycles. The standard InChI is InChI=1S/C27H29ClN4O3S/c1-31(2)19-29-36(34,35)26-16-23(30-27(33)15-21-10-6-7-11-25(21)28)14-22-18-32(13-12-24(22)26)17-20-8-4-3-5-9-20/h3-11,14,16,19H,12-13,15,17-18H2,1-2H3,(H,30,33). The normalized spacial score (nSPS) is 14.0. The molecule has 0 aromatic heterocycles. The Morgan fingerprint density at radius 1 is 1.11 bits per heavy atom. The molecule has 0 unspecified atom stereocenters. The molecule has 1 N–H and O–H groups in total. The molecular weight excluding hydrogens is 496 g/mol. The minimum atomic E-state index is -3.96. The Bertz CT molecular complexity index is 1380. The highest BCUT2D eigenvalue weighted by molar-refractivity contribution is 7.90. The number of amides is 1. The second kappa shape index (κ2) is 11.2. The summed E-state index contributed by atoms with van der Waals surface area (Å²) >= 11 is 6.21. The zero-order chi connectivity index (χ0) is 25.7. The predicted octanol–water partition coefficient (Wildman–Crippen LogP) is 4.36. The number of carbonyl (C=O) groups excluding carboxylic acids is 1. The van der Waals surface area contributed by atoms with Crippen molar-refractivity contribution in [2.75, 3.05) is 26.0 Å². The van der Waals surface area contributed by atoms with E-state index in [4.69, 9.17) is 11.6 Å². The lowest BCUT2D eigenvalue weighted by Gasteiger charge is -2.30. The van der Waals surface area contributed by atoms with E-state index in [-0.39, 0.29) is 17.2 Å². The molecule has 0 saturated heterocycles. The molecule has 1 aliphatic heterocycles. The topological polar surface area (TPSA) is 82.1 Å². The van der Waals surface area contributed by atoms with Gasteiger partial charge in [0.25, 0.3) is 10.0 Å². The average molecular weight is 525 g/mol. The number of benzene rings is 3. The molecule has 3 aromatic carbocycles. The maximum atomic E-state index is 13.2. The van der Waals surface area contributed by atoms with Crippen LogP contribution in [0.15, 0.2) is 76.0 Å². The largest absolute Gasteiger partial charge is 0.368 e. The lowest BCUT2D eigenvalue weighted by Crippen LogP contribution is -2.31. The van der Waals surface area contributed by atoms with E-state index < -0.39 is 10.0 Å². The van der Waals surface area contributed by atoms with Gasteiger partial charge in [0, 0.05) is 44.4 Å². The Morgan fingerprint density at radius 3 is 2.56 bits per heavy atom. The van der Waals surface area contributed by atoms with Crippen LogP contribution in [-0.4, -0.2) is 51.1 Å². The number of nitrogens with zero attached hydrogens (tertiary/aromatic N) is 3. The van der Waals surface area contributed by atoms with Gasteiger partial charge >= 0.3 is 0 Å². The van der Waals surface area contributed by atoms with Crippen LogP contribution in [0.2, 0.25) is 5.02 Å². The first kappa shape index (κ1) is 25.9. The highest BCUT2D eigenvalue weighted by Crippen LogP contribution is 2.31. The zero-order valence-electron chi connectivity index (χ0n) is 20.3. The minimum Gasteiger partial charge on any atom is -0.368 e. The summed E-state index contributed by atoms with van der Waals surface area (Å²) in [5.74, 6) is -0.278. The maximum absolute atomic E-state index is 13.2. The van der Waals surface area contributed by atoms with Gasteiger partial charge < -0.3 is 10.2 Å². The van der Waals surface area contributed by atoms with Crippen LogP contribution >= 0.6 is 11.6 Å². The summed E-state index contributed by atoms with van der Waals surface area (Å²) in [6.45, 7) is 2.04. The third kappa shape index (κ3) is 6.51. The fourth-order valence-corrected chi connectivity index (χ4v) is 5.68. The molecule has 0 fully saturated rings. The highest BCUT2D eigenvalue weighted by Gasteiger charge is 2.26. The van der Waals surface area contributed by atoms with Gasteiger partial charge in [-0.2, -0.15) is 8.42 Å². The summed E-state index contributed by atoms with van der Waals surface area (Å²) in [5, 5.41) is 3.38. The molecule has 1 aliphatic rings. The highest BCUT2D eigenvalue weighted by atomic mass is 35.5. The number of nitrogens with one attached hydrogen (secondary N) is 1. The van der Waals surface area contributed by atoms with Gasteiger partial charge in [0.1, 0.15) is 6.34 Å². The van der Waals surface area contributed by atoms with Crippen molar-refractivity contribution in [3.05, 3.63) is 94.0 Å². The van der Waals surface area contributed by atoms with E-state index in [0.717, 1.165) is 24.2 Å². The van der Waals surface area contributed by atoms with Crippen molar-refractivity contribution in [2.24, 2.45) is 4.40 Å². The second-order valence-electron chi connectivity index (χ2n) is 9.03. The lowest BCUT2D eigenvalue weighted by atomic mass is 9.98. The third-order valence-corrected chi connectivity index (χ3v) is 7.57. The van der Waals surface area contributed by atoms with Gasteiger partial charge in [-0.3, -0.25) is 9.69 Å². The minimum absolute atomic E-state index is 0.0811. The van der Waals surface area contributed by atoms with Gasteiger partial charge in [-0.15, -0.1) is 4.40 Å². The first-order valence-electron chi connectivity index (χ1n) is 11.6. The number of halogens is 1. The SMILES string of the molecule is CN(C)C=NS(=O)(=O)c1cc(NC(=O)Cc2ccccc2Cl)cc2c1CCN(Cc1ccccc1)C2. The van der Waals surface area contributed by atoms with Crippen LogP contribution < -0.4 is 5.32 Å². The van der Waals surface area contributed by atoms with Crippen molar-refractivity contribution in [1.29, 1.82) is 0 Å². The Balaban J connectivity index is 1.65. The molecule has 0 bridgehead atoms. The zero-order valence-corrected chi connectivity index (χ0v) is 21.9. The predicted molar refractivity (Wildman–Crippen MR) is 144 cm³/mol. The summed E-state index contributed by atoms with van der Waals surface area (Å²) < 4.78 is 30.2. The van der Waals surface area contributed by atoms with Gasteiger partial charge in [-0.05, 0) is 46.9 Å². The fourth-order valence-electron chi connectivity index (χ4n) is 4.23. The monoisotopic (exact) mass is 524 g/mol. The fraction of sp³-hybridized carbons (Fsp3) is 0.259. The van der Waals surface area contributed by atoms with Crippen LogP contribution in [0.25, 0.3) is 0 Å². The van der Waals surface area contributed by atoms with Crippen LogP contribution in [0, 0.1) is 0 Å². The molecule has 0 spiro atoms. The van der Waals surface area contributed by atoms with Crippen LogP contribution in [0.5, 0.6) is 0 Å². The molecule has 3 aromatic rings. The van der Waals surface area contributed by atoms with Gasteiger partial charge in [-0.25, -0.2) is 0 Å². The molecular formula is C27H29ClN4O3S. The van der Waals surface area contributed by atoms with E-state index in [2.05, 4.69) is 26.7 Å². The molecule has 9 heteroatoms. The van der Waals surface area contributed by atoms with Crippen LogP contribution in [-0.2, 0) is 40.7 Å². The molecule has 7 nitrogen and oxygen atoms in total. The maximum Gasteiger partial charge on any atom is 0.284 e. The second-order valence-corrected chi connectivity index (χ2v) is 11.0. The number of rotatable bonds is 8. The van der Waals surface area contributed by atoms with E-state index in [1.807, 2.05) is 30.3 Å². The number of carbonyl (C=O) groups is 1. The van der Waals surface area contributed by atoms with Crippen LogP contribution in [0.4, 0.5) is 5.69 Å². The number of fused-ring (bicyclic) bond motifs is 1. The number of hydrogen-bond donors (Lipinski definition) is 1. The van der Waals surface area contributed by atoms with E-state index in [1.165, 1.54) is 18.0 Å². The Labute approximate surface area is 217 Å². The molecule has 0 saturated carbocycles. The van der Waals surface area contributed by atoms with E-state index >= 15 is 0 Å².